The van der Waals surface area contributed by atoms with Gasteiger partial charge in [-0.3, -0.25) is 4.79 Å². The highest BCUT2D eigenvalue weighted by molar-refractivity contribution is 7.89. The van der Waals surface area contributed by atoms with Gasteiger partial charge >= 0.3 is 0 Å². The van der Waals surface area contributed by atoms with E-state index in [0.717, 1.165) is 21.0 Å². The quantitative estimate of drug-likeness (QED) is 0.843. The molecular weight excluding hydrogens is 388 g/mol. The first-order chi connectivity index (χ1) is 12.6. The van der Waals surface area contributed by atoms with Crippen molar-refractivity contribution in [3.63, 3.8) is 0 Å². The van der Waals surface area contributed by atoms with Gasteiger partial charge < -0.3 is 10.1 Å². The van der Waals surface area contributed by atoms with Crippen molar-refractivity contribution in [3.05, 3.63) is 52.0 Å². The zero-order valence-corrected chi connectivity index (χ0v) is 17.1. The van der Waals surface area contributed by atoms with E-state index in [2.05, 4.69) is 5.32 Å². The number of amides is 1. The van der Waals surface area contributed by atoms with Crippen LogP contribution in [0.2, 0.25) is 5.02 Å². The van der Waals surface area contributed by atoms with Crippen LogP contribution < -0.4 is 10.1 Å². The molecule has 1 aliphatic rings. The summed E-state index contributed by atoms with van der Waals surface area (Å²) in [5.41, 5.74) is 2.91. The number of sulfonamides is 1. The molecular formula is C19H21ClN2O4S. The molecule has 0 aliphatic carbocycles. The van der Waals surface area contributed by atoms with Crippen molar-refractivity contribution in [1.29, 1.82) is 0 Å². The van der Waals surface area contributed by atoms with E-state index in [9.17, 15) is 13.2 Å². The molecule has 0 aromatic heterocycles. The van der Waals surface area contributed by atoms with E-state index in [1.807, 2.05) is 13.8 Å². The Morgan fingerprint density at radius 2 is 1.93 bits per heavy atom. The van der Waals surface area contributed by atoms with E-state index in [-0.39, 0.29) is 10.8 Å². The number of rotatable bonds is 4. The Morgan fingerprint density at radius 1 is 1.22 bits per heavy atom. The lowest BCUT2D eigenvalue weighted by molar-refractivity contribution is -0.122. The second-order valence-electron chi connectivity index (χ2n) is 6.75. The number of carbonyl (C=O) groups excluding carboxylic acids is 1. The highest BCUT2D eigenvalue weighted by Crippen LogP contribution is 2.32. The van der Waals surface area contributed by atoms with Crippen molar-refractivity contribution in [1.82, 2.24) is 4.31 Å². The van der Waals surface area contributed by atoms with Gasteiger partial charge in [-0.05, 0) is 60.9 Å². The van der Waals surface area contributed by atoms with Gasteiger partial charge in [0.2, 0.25) is 10.0 Å². The lowest BCUT2D eigenvalue weighted by Gasteiger charge is -2.17. The Bertz CT molecular complexity index is 1020. The third kappa shape index (κ3) is 3.81. The molecule has 6 nitrogen and oxygen atoms in total. The molecule has 1 atom stereocenters. The first-order valence-electron chi connectivity index (χ1n) is 8.39. The van der Waals surface area contributed by atoms with Crippen LogP contribution in [-0.2, 0) is 21.2 Å². The van der Waals surface area contributed by atoms with Gasteiger partial charge in [0.15, 0.2) is 6.10 Å². The van der Waals surface area contributed by atoms with Gasteiger partial charge in [-0.1, -0.05) is 11.6 Å². The number of hydrogen-bond donors (Lipinski definition) is 1. The number of aryl methyl sites for hydroxylation is 1. The van der Waals surface area contributed by atoms with Crippen molar-refractivity contribution in [2.75, 3.05) is 19.4 Å². The van der Waals surface area contributed by atoms with E-state index in [1.165, 1.54) is 20.2 Å². The zero-order chi connectivity index (χ0) is 19.9. The number of ether oxygens (including phenoxy) is 1. The van der Waals surface area contributed by atoms with Gasteiger partial charge in [0, 0.05) is 31.2 Å². The summed E-state index contributed by atoms with van der Waals surface area (Å²) < 4.78 is 31.7. The van der Waals surface area contributed by atoms with E-state index in [0.29, 0.717) is 22.9 Å². The lowest BCUT2D eigenvalue weighted by Crippen LogP contribution is -2.32. The first-order valence-corrected chi connectivity index (χ1v) is 10.2. The third-order valence-electron chi connectivity index (χ3n) is 4.67. The maximum atomic E-state index is 12.7. The smallest absolute Gasteiger partial charge is 0.265 e. The predicted molar refractivity (Wildman–Crippen MR) is 105 cm³/mol. The van der Waals surface area contributed by atoms with E-state index >= 15 is 0 Å². The Kier molecular flexibility index (Phi) is 5.20. The van der Waals surface area contributed by atoms with Gasteiger partial charge in [0.1, 0.15) is 5.75 Å². The summed E-state index contributed by atoms with van der Waals surface area (Å²) in [6, 6.07) is 8.32. The van der Waals surface area contributed by atoms with Crippen molar-refractivity contribution < 1.29 is 17.9 Å². The summed E-state index contributed by atoms with van der Waals surface area (Å²) in [5, 5.41) is 3.40. The molecule has 2 aromatic carbocycles. The standard InChI is InChI=1S/C19H21ClN2O4S/c1-11-7-15(27(24,25)22(3)4)10-16(12(11)2)21-19(23)18-9-13-8-14(20)5-6-17(13)26-18/h5-8,10,18H,9H2,1-4H3,(H,21,23). The SMILES string of the molecule is Cc1cc(S(=O)(=O)N(C)C)cc(NC(=O)C2Cc3cc(Cl)ccc3O2)c1C. The third-order valence-corrected chi connectivity index (χ3v) is 6.69. The number of hydrogen-bond acceptors (Lipinski definition) is 4. The van der Waals surface area contributed by atoms with Crippen LogP contribution in [0.25, 0.3) is 0 Å². The molecule has 1 amide bonds. The van der Waals surface area contributed by atoms with E-state index < -0.39 is 16.1 Å². The monoisotopic (exact) mass is 408 g/mol. The number of benzene rings is 2. The minimum absolute atomic E-state index is 0.133. The fraction of sp³-hybridized carbons (Fsp3) is 0.316. The maximum absolute atomic E-state index is 12.7. The molecule has 8 heteroatoms. The Hall–Kier alpha value is -2.09. The molecule has 27 heavy (non-hydrogen) atoms. The van der Waals surface area contributed by atoms with Crippen LogP contribution in [0.5, 0.6) is 5.75 Å². The molecule has 0 saturated heterocycles. The van der Waals surface area contributed by atoms with Crippen molar-refractivity contribution >= 4 is 33.2 Å². The Balaban J connectivity index is 1.86. The molecule has 0 bridgehead atoms. The second-order valence-corrected chi connectivity index (χ2v) is 9.34. The highest BCUT2D eigenvalue weighted by Gasteiger charge is 2.30. The van der Waals surface area contributed by atoms with Crippen LogP contribution in [-0.4, -0.2) is 38.8 Å². The first kappa shape index (κ1) is 19.7. The average Bonchev–Trinajstić information content (AvgIpc) is 3.01. The maximum Gasteiger partial charge on any atom is 0.265 e. The number of anilines is 1. The fourth-order valence-corrected chi connectivity index (χ4v) is 4.10. The minimum atomic E-state index is -3.61. The number of carbonyl (C=O) groups is 1. The van der Waals surface area contributed by atoms with Gasteiger partial charge in [0.25, 0.3) is 5.91 Å². The normalized spacial score (nSPS) is 16.1. The summed E-state index contributed by atoms with van der Waals surface area (Å²) >= 11 is 5.99. The van der Waals surface area contributed by atoms with Crippen molar-refractivity contribution in [2.45, 2.75) is 31.3 Å². The number of nitrogens with one attached hydrogen (secondary N) is 1. The van der Waals surface area contributed by atoms with Gasteiger partial charge in [-0.15, -0.1) is 0 Å². The van der Waals surface area contributed by atoms with Gasteiger partial charge in [-0.25, -0.2) is 12.7 Å². The fourth-order valence-electron chi connectivity index (χ4n) is 2.89. The molecule has 144 valence electrons. The Morgan fingerprint density at radius 3 is 2.59 bits per heavy atom. The molecule has 3 rings (SSSR count). The second kappa shape index (κ2) is 7.14. The molecule has 0 saturated carbocycles. The predicted octanol–water partition coefficient (Wildman–Crippen LogP) is 3.15. The number of fused-ring (bicyclic) bond motifs is 1. The van der Waals surface area contributed by atoms with Crippen LogP contribution in [0.1, 0.15) is 16.7 Å². The van der Waals surface area contributed by atoms with Gasteiger partial charge in [0.05, 0.1) is 4.90 Å². The summed E-state index contributed by atoms with van der Waals surface area (Å²) in [7, 11) is -0.666. The van der Waals surface area contributed by atoms with E-state index in [1.54, 1.807) is 24.3 Å². The highest BCUT2D eigenvalue weighted by atomic mass is 35.5. The molecule has 0 radical (unpaired) electrons. The molecule has 1 heterocycles. The largest absolute Gasteiger partial charge is 0.480 e. The summed E-state index contributed by atoms with van der Waals surface area (Å²) in [6.45, 7) is 3.64. The van der Waals surface area contributed by atoms with E-state index in [4.69, 9.17) is 16.3 Å². The molecule has 2 aromatic rings. The minimum Gasteiger partial charge on any atom is -0.480 e. The summed E-state index contributed by atoms with van der Waals surface area (Å²) in [6.07, 6.45) is -0.276. The summed E-state index contributed by atoms with van der Waals surface area (Å²) in [5.74, 6) is 0.306. The molecule has 1 aliphatic heterocycles. The van der Waals surface area contributed by atoms with Crippen LogP contribution in [0.4, 0.5) is 5.69 Å². The molecule has 1 N–H and O–H groups in total. The molecule has 0 spiro atoms. The van der Waals surface area contributed by atoms with Crippen LogP contribution in [0.3, 0.4) is 0 Å². The molecule has 0 fully saturated rings. The van der Waals surface area contributed by atoms with Crippen LogP contribution in [0, 0.1) is 13.8 Å². The zero-order valence-electron chi connectivity index (χ0n) is 15.5. The van der Waals surface area contributed by atoms with Crippen LogP contribution in [0.15, 0.2) is 35.2 Å². The average molecular weight is 409 g/mol. The van der Waals surface area contributed by atoms with Crippen LogP contribution >= 0.6 is 11.6 Å². The molecule has 1 unspecified atom stereocenters. The van der Waals surface area contributed by atoms with Crippen molar-refractivity contribution in [2.24, 2.45) is 0 Å². The number of halogens is 1. The Labute approximate surface area is 164 Å². The van der Waals surface area contributed by atoms with Crippen molar-refractivity contribution in [3.8, 4) is 5.75 Å². The van der Waals surface area contributed by atoms with Gasteiger partial charge in [-0.2, -0.15) is 0 Å². The number of nitrogens with zero attached hydrogens (tertiary/aromatic N) is 1. The summed E-state index contributed by atoms with van der Waals surface area (Å²) in [4.78, 5) is 12.8. The topological polar surface area (TPSA) is 75.7 Å². The lowest BCUT2D eigenvalue weighted by atomic mass is 10.1.